The Hall–Kier alpha value is -5.89. The fourth-order valence-corrected chi connectivity index (χ4v) is 7.47. The first kappa shape index (κ1) is 39.3. The Bertz CT molecular complexity index is 2220. The summed E-state index contributed by atoms with van der Waals surface area (Å²) in [4.78, 5) is 34.2. The molecule has 8 nitrogen and oxygen atoms in total. The van der Waals surface area contributed by atoms with Crippen LogP contribution in [0.2, 0.25) is 0 Å². The van der Waals surface area contributed by atoms with Crippen LogP contribution in [0.25, 0.3) is 45.0 Å². The van der Waals surface area contributed by atoms with Crippen LogP contribution in [0, 0.1) is 13.8 Å². The number of fused-ring (bicyclic) bond motifs is 2. The highest BCUT2D eigenvalue weighted by Crippen LogP contribution is 2.36. The number of anilines is 2. The topological polar surface area (TPSA) is 93.1 Å². The molecule has 6 aromatic rings. The Balaban J connectivity index is 0.000000187. The van der Waals surface area contributed by atoms with Gasteiger partial charge in [-0.3, -0.25) is 4.79 Å². The molecule has 0 saturated carbocycles. The zero-order chi connectivity index (χ0) is 39.4. The van der Waals surface area contributed by atoms with Crippen LogP contribution in [0.1, 0.15) is 74.4 Å². The third-order valence-corrected chi connectivity index (χ3v) is 10.5. The molecule has 8 heteroatoms. The molecular formula is C49H54N6O2. The standard InChI is InChI=1S/C29H35N3O2.C20H19N3/c1-3-34-26(33)15-9-4-5-10-20-32-21-11-14-25-29(32)31-28(23-12-7-6-8-13-23)27(30-25)24-18-16-22(2)17-19-24;1-14-9-11-16(12-10-14)18-19(15-6-3-2-4-7-15)23-20-17(22-18)8-5-13-21-20/h6-8,12-13,16-19H,3-5,9-11,14-15,20-21H2,1-2H3;2-4,6-7,9-12H,5,8,13H2,1H3,(H,21,23). The monoisotopic (exact) mass is 758 g/mol. The number of aryl methyl sites for hydroxylation is 4. The van der Waals surface area contributed by atoms with Crippen LogP contribution in [0.15, 0.2) is 109 Å². The van der Waals surface area contributed by atoms with Gasteiger partial charge in [0.25, 0.3) is 0 Å². The molecule has 4 heterocycles. The van der Waals surface area contributed by atoms with Crippen LogP contribution in [0.5, 0.6) is 0 Å². The van der Waals surface area contributed by atoms with Crippen molar-refractivity contribution in [1.29, 1.82) is 0 Å². The van der Waals surface area contributed by atoms with E-state index in [1.165, 1.54) is 11.1 Å². The first-order valence-electron chi connectivity index (χ1n) is 20.7. The summed E-state index contributed by atoms with van der Waals surface area (Å²) in [5, 5.41) is 3.39. The van der Waals surface area contributed by atoms with Crippen LogP contribution in [0.3, 0.4) is 0 Å². The van der Waals surface area contributed by atoms with Crippen molar-refractivity contribution < 1.29 is 9.53 Å². The van der Waals surface area contributed by atoms with Crippen LogP contribution < -0.4 is 10.2 Å². The number of hydrogen-bond acceptors (Lipinski definition) is 8. The number of hydrogen-bond donors (Lipinski definition) is 1. The summed E-state index contributed by atoms with van der Waals surface area (Å²) in [5.41, 5.74) is 12.9. The van der Waals surface area contributed by atoms with E-state index in [-0.39, 0.29) is 5.97 Å². The van der Waals surface area contributed by atoms with Gasteiger partial charge in [-0.1, -0.05) is 133 Å². The quantitative estimate of drug-likeness (QED) is 0.0974. The van der Waals surface area contributed by atoms with Gasteiger partial charge in [-0.05, 0) is 59.3 Å². The lowest BCUT2D eigenvalue weighted by Crippen LogP contribution is -2.32. The van der Waals surface area contributed by atoms with E-state index in [2.05, 4.69) is 109 Å². The fourth-order valence-electron chi connectivity index (χ4n) is 7.47. The highest BCUT2D eigenvalue weighted by molar-refractivity contribution is 5.81. The molecule has 2 aliphatic heterocycles. The molecule has 0 aliphatic carbocycles. The van der Waals surface area contributed by atoms with Crippen molar-refractivity contribution in [2.45, 2.75) is 78.6 Å². The van der Waals surface area contributed by atoms with Crippen molar-refractivity contribution in [2.75, 3.05) is 36.5 Å². The van der Waals surface area contributed by atoms with Gasteiger partial charge < -0.3 is 15.0 Å². The van der Waals surface area contributed by atoms with Crippen LogP contribution in [0.4, 0.5) is 11.6 Å². The van der Waals surface area contributed by atoms with Gasteiger partial charge in [-0.15, -0.1) is 0 Å². The maximum atomic E-state index is 11.5. The molecule has 1 N–H and O–H groups in total. The normalized spacial score (nSPS) is 13.1. The van der Waals surface area contributed by atoms with Gasteiger partial charge in [0.2, 0.25) is 0 Å². The molecule has 2 aliphatic rings. The smallest absolute Gasteiger partial charge is 0.305 e. The number of nitrogens with one attached hydrogen (secondary N) is 1. The van der Waals surface area contributed by atoms with E-state index >= 15 is 0 Å². The number of unbranched alkanes of at least 4 members (excludes halogenated alkanes) is 3. The molecule has 0 atom stereocenters. The largest absolute Gasteiger partial charge is 0.466 e. The van der Waals surface area contributed by atoms with E-state index in [1.54, 1.807) is 0 Å². The summed E-state index contributed by atoms with van der Waals surface area (Å²) in [6, 6.07) is 37.8. The number of benzene rings is 4. The lowest BCUT2D eigenvalue weighted by Gasteiger charge is -2.30. The number of nitrogens with zero attached hydrogens (tertiary/aromatic N) is 5. The molecule has 8 rings (SSSR count). The van der Waals surface area contributed by atoms with Crippen LogP contribution in [-0.2, 0) is 22.4 Å². The number of rotatable bonds is 12. The van der Waals surface area contributed by atoms with E-state index in [0.29, 0.717) is 13.0 Å². The number of aromatic nitrogens is 4. The minimum Gasteiger partial charge on any atom is -0.466 e. The van der Waals surface area contributed by atoms with Crippen molar-refractivity contribution in [3.63, 3.8) is 0 Å². The van der Waals surface area contributed by atoms with Gasteiger partial charge in [-0.2, -0.15) is 0 Å². The summed E-state index contributed by atoms with van der Waals surface area (Å²) in [7, 11) is 0. The second-order valence-corrected chi connectivity index (χ2v) is 15.0. The SMILES string of the molecule is CCOC(=O)CCCCCCN1CCCc2nc(-c3ccc(C)cc3)c(-c3ccccc3)nc21.Cc1ccc(-c2nc3c(nc2-c2ccccc2)NCCC3)cc1. The molecule has 2 aromatic heterocycles. The third-order valence-electron chi connectivity index (χ3n) is 10.5. The van der Waals surface area contributed by atoms with Gasteiger partial charge in [0.05, 0.1) is 40.8 Å². The lowest BCUT2D eigenvalue weighted by molar-refractivity contribution is -0.143. The highest BCUT2D eigenvalue weighted by Gasteiger charge is 2.24. The van der Waals surface area contributed by atoms with Crippen molar-refractivity contribution >= 4 is 17.6 Å². The van der Waals surface area contributed by atoms with Crippen molar-refractivity contribution in [1.82, 2.24) is 19.9 Å². The lowest BCUT2D eigenvalue weighted by atomic mass is 10.0. The van der Waals surface area contributed by atoms with Gasteiger partial charge in [0.15, 0.2) is 5.82 Å². The molecule has 0 bridgehead atoms. The predicted molar refractivity (Wildman–Crippen MR) is 232 cm³/mol. The molecule has 0 unspecified atom stereocenters. The average molecular weight is 759 g/mol. The fraction of sp³-hybridized carbons (Fsp3) is 0.327. The van der Waals surface area contributed by atoms with Gasteiger partial charge in [0.1, 0.15) is 5.82 Å². The Morgan fingerprint density at radius 1 is 0.614 bits per heavy atom. The molecular weight excluding hydrogens is 705 g/mol. The average Bonchev–Trinajstić information content (AvgIpc) is 3.25. The van der Waals surface area contributed by atoms with E-state index < -0.39 is 0 Å². The molecule has 0 amide bonds. The maximum absolute atomic E-state index is 11.5. The molecule has 0 fully saturated rings. The van der Waals surface area contributed by atoms with Gasteiger partial charge in [0, 0.05) is 48.3 Å². The van der Waals surface area contributed by atoms with E-state index in [9.17, 15) is 4.79 Å². The first-order chi connectivity index (χ1) is 28.0. The van der Waals surface area contributed by atoms with Crippen LogP contribution >= 0.6 is 0 Å². The number of ether oxygens (including phenoxy) is 1. The summed E-state index contributed by atoms with van der Waals surface area (Å²) < 4.78 is 5.02. The Morgan fingerprint density at radius 2 is 1.14 bits per heavy atom. The Labute approximate surface area is 337 Å². The summed E-state index contributed by atoms with van der Waals surface area (Å²) in [6.45, 7) is 9.48. The van der Waals surface area contributed by atoms with Crippen LogP contribution in [-0.4, -0.2) is 52.1 Å². The molecule has 0 spiro atoms. The second kappa shape index (κ2) is 19.3. The zero-order valence-corrected chi connectivity index (χ0v) is 33.6. The van der Waals surface area contributed by atoms with Gasteiger partial charge >= 0.3 is 5.97 Å². The summed E-state index contributed by atoms with van der Waals surface area (Å²) in [6.07, 6.45) is 8.82. The minimum atomic E-state index is -0.0828. The van der Waals surface area contributed by atoms with Crippen molar-refractivity contribution in [3.8, 4) is 45.0 Å². The molecule has 0 radical (unpaired) electrons. The maximum Gasteiger partial charge on any atom is 0.305 e. The molecule has 292 valence electrons. The Morgan fingerprint density at radius 3 is 1.75 bits per heavy atom. The van der Waals surface area contributed by atoms with E-state index in [0.717, 1.165) is 139 Å². The van der Waals surface area contributed by atoms with Crippen molar-refractivity contribution in [3.05, 3.63) is 132 Å². The molecule has 0 saturated heterocycles. The summed E-state index contributed by atoms with van der Waals surface area (Å²) in [5.74, 6) is 1.89. The van der Waals surface area contributed by atoms with Gasteiger partial charge in [-0.25, -0.2) is 19.9 Å². The number of carbonyl (C=O) groups is 1. The minimum absolute atomic E-state index is 0.0828. The zero-order valence-electron chi connectivity index (χ0n) is 33.6. The van der Waals surface area contributed by atoms with E-state index in [1.807, 2.05) is 31.2 Å². The highest BCUT2D eigenvalue weighted by atomic mass is 16.5. The first-order valence-corrected chi connectivity index (χ1v) is 20.7. The molecule has 57 heavy (non-hydrogen) atoms. The molecule has 4 aromatic carbocycles. The third kappa shape index (κ3) is 10.1. The second-order valence-electron chi connectivity index (χ2n) is 15.0. The summed E-state index contributed by atoms with van der Waals surface area (Å²) >= 11 is 0. The number of carbonyl (C=O) groups excluding carboxylic acids is 1. The van der Waals surface area contributed by atoms with E-state index in [4.69, 9.17) is 24.7 Å². The predicted octanol–water partition coefficient (Wildman–Crippen LogP) is 10.9. The Kier molecular flexibility index (Phi) is 13.3. The number of esters is 1. The van der Waals surface area contributed by atoms with Crippen molar-refractivity contribution in [2.24, 2.45) is 0 Å².